The molecule has 0 aromatic carbocycles. The maximum atomic E-state index is 13.7. The molecule has 140 valence electrons. The Labute approximate surface area is 150 Å². The molecule has 2 aromatic rings. The van der Waals surface area contributed by atoms with Crippen LogP contribution in [0.5, 0.6) is 0 Å². The van der Waals surface area contributed by atoms with Gasteiger partial charge in [0.05, 0.1) is 29.7 Å². The van der Waals surface area contributed by atoms with Crippen LogP contribution in [0.15, 0.2) is 23.5 Å². The molecule has 2 heterocycles. The van der Waals surface area contributed by atoms with E-state index in [9.17, 15) is 18.0 Å². The molecule has 0 unspecified atom stereocenters. The van der Waals surface area contributed by atoms with Crippen LogP contribution in [0.25, 0.3) is 0 Å². The highest BCUT2D eigenvalue weighted by molar-refractivity contribution is 6.34. The van der Waals surface area contributed by atoms with E-state index in [0.717, 1.165) is 12.4 Å². The van der Waals surface area contributed by atoms with Gasteiger partial charge < -0.3 is 15.8 Å². The van der Waals surface area contributed by atoms with Gasteiger partial charge in [-0.3, -0.25) is 4.79 Å². The summed E-state index contributed by atoms with van der Waals surface area (Å²) in [7, 11) is 1.44. The molecule has 0 fully saturated rings. The first kappa shape index (κ1) is 19.5. The number of nitrogens with two attached hydrogens (primary N) is 1. The zero-order valence-electron chi connectivity index (χ0n) is 13.4. The second kappa shape index (κ2) is 8.52. The van der Waals surface area contributed by atoms with Crippen LogP contribution >= 0.6 is 11.6 Å². The number of hydrogen-bond acceptors (Lipinski definition) is 5. The Kier molecular flexibility index (Phi) is 6.39. The van der Waals surface area contributed by atoms with Gasteiger partial charge in [-0.1, -0.05) is 11.6 Å². The van der Waals surface area contributed by atoms with Crippen molar-refractivity contribution in [1.29, 1.82) is 0 Å². The summed E-state index contributed by atoms with van der Waals surface area (Å²) in [5, 5.41) is 5.52. The number of halogens is 4. The van der Waals surface area contributed by atoms with Gasteiger partial charge in [-0.2, -0.15) is 18.3 Å². The highest BCUT2D eigenvalue weighted by Crippen LogP contribution is 2.20. The van der Waals surface area contributed by atoms with Crippen LogP contribution in [-0.4, -0.2) is 40.3 Å². The summed E-state index contributed by atoms with van der Waals surface area (Å²) < 4.78 is 44.2. The van der Waals surface area contributed by atoms with Crippen molar-refractivity contribution in [2.75, 3.05) is 19.0 Å². The topological polar surface area (TPSA) is 107 Å². The molecule has 3 N–H and O–H groups in total. The molecule has 26 heavy (non-hydrogen) atoms. The smallest absolute Gasteiger partial charge is 0.333 e. The van der Waals surface area contributed by atoms with Gasteiger partial charge >= 0.3 is 6.55 Å². The van der Waals surface area contributed by atoms with Crippen LogP contribution in [0.4, 0.5) is 18.9 Å². The first-order valence-electron chi connectivity index (χ1n) is 7.15. The number of nitrogens with one attached hydrogen (secondary N) is 1. The Morgan fingerprint density at radius 3 is 2.88 bits per heavy atom. The molecule has 0 bridgehead atoms. The van der Waals surface area contributed by atoms with Crippen molar-refractivity contribution >= 4 is 29.2 Å². The largest absolute Gasteiger partial charge is 0.465 e. The van der Waals surface area contributed by atoms with E-state index in [4.69, 9.17) is 22.1 Å². The monoisotopic (exact) mass is 390 g/mol. The molecule has 0 saturated heterocycles. The molecule has 0 aliphatic heterocycles. The zero-order chi connectivity index (χ0) is 19.3. The molecule has 8 nitrogen and oxygen atoms in total. The summed E-state index contributed by atoms with van der Waals surface area (Å²) >= 11 is 5.73. The van der Waals surface area contributed by atoms with Gasteiger partial charge in [-0.15, -0.1) is 0 Å². The first-order valence-corrected chi connectivity index (χ1v) is 7.53. The van der Waals surface area contributed by atoms with E-state index in [2.05, 4.69) is 20.4 Å². The molecule has 0 aliphatic rings. The molecule has 0 atom stereocenters. The molecular formula is C14H14ClF3N6O2. The number of anilines is 1. The molecule has 2 rings (SSSR count). The average molecular weight is 391 g/mol. The molecule has 0 radical (unpaired) electrons. The SMILES string of the molecule is C/N=C(/N)OCCc1cc(NC(=O)c2nn(C(F)F)cc2Cl)cnc1F. The number of aliphatic imine (C=N–C) groups is 1. The number of amidine groups is 1. The third-order valence-corrected chi connectivity index (χ3v) is 3.39. The van der Waals surface area contributed by atoms with E-state index >= 15 is 0 Å². The third kappa shape index (κ3) is 4.85. The van der Waals surface area contributed by atoms with Crippen molar-refractivity contribution < 1.29 is 22.7 Å². The zero-order valence-corrected chi connectivity index (χ0v) is 14.2. The number of carbonyl (C=O) groups is 1. The van der Waals surface area contributed by atoms with Crippen molar-refractivity contribution in [3.63, 3.8) is 0 Å². The first-order chi connectivity index (χ1) is 12.3. The third-order valence-electron chi connectivity index (χ3n) is 3.11. The second-order valence-electron chi connectivity index (χ2n) is 4.87. The van der Waals surface area contributed by atoms with E-state index in [-0.39, 0.29) is 40.0 Å². The number of amides is 1. The lowest BCUT2D eigenvalue weighted by Gasteiger charge is -2.08. The van der Waals surface area contributed by atoms with Gasteiger partial charge in [0.15, 0.2) is 5.69 Å². The van der Waals surface area contributed by atoms with E-state index in [1.54, 1.807) is 0 Å². The number of nitrogens with zero attached hydrogens (tertiary/aromatic N) is 4. The standard InChI is InChI=1S/C14H14ClF3N6O2/c1-20-14(19)26-3-2-7-4-8(5-21-11(7)16)22-12(25)10-9(15)6-24(23-10)13(17)18/h4-6,13H,2-3H2,1H3,(H2,19,20)(H,22,25). The number of ether oxygens (including phenoxy) is 1. The lowest BCUT2D eigenvalue weighted by molar-refractivity contribution is 0.0561. The molecular weight excluding hydrogens is 377 g/mol. The molecule has 12 heteroatoms. The minimum Gasteiger partial charge on any atom is -0.465 e. The van der Waals surface area contributed by atoms with E-state index in [1.807, 2.05) is 0 Å². The number of carbonyl (C=O) groups excluding carboxylic acids is 1. The maximum absolute atomic E-state index is 13.7. The van der Waals surface area contributed by atoms with Gasteiger partial charge in [0.25, 0.3) is 11.9 Å². The fourth-order valence-electron chi connectivity index (χ4n) is 1.88. The summed E-state index contributed by atoms with van der Waals surface area (Å²) in [5.74, 6) is -1.59. The van der Waals surface area contributed by atoms with E-state index < -0.39 is 24.1 Å². The molecule has 0 spiro atoms. The summed E-state index contributed by atoms with van der Waals surface area (Å²) in [5.41, 5.74) is 5.24. The number of aromatic nitrogens is 3. The second-order valence-corrected chi connectivity index (χ2v) is 5.28. The van der Waals surface area contributed by atoms with Gasteiger partial charge in [0, 0.05) is 19.0 Å². The van der Waals surface area contributed by atoms with Gasteiger partial charge in [-0.05, 0) is 6.07 Å². The predicted octanol–water partition coefficient (Wildman–Crippen LogP) is 2.22. The minimum absolute atomic E-state index is 0.0454. The minimum atomic E-state index is -2.94. The lowest BCUT2D eigenvalue weighted by atomic mass is 10.2. The Morgan fingerprint density at radius 2 is 2.27 bits per heavy atom. The fourth-order valence-corrected chi connectivity index (χ4v) is 2.10. The Bertz CT molecular complexity index is 827. The molecule has 0 aliphatic carbocycles. The number of hydrogen-bond donors (Lipinski definition) is 2. The van der Waals surface area contributed by atoms with Crippen LogP contribution in [0.2, 0.25) is 5.02 Å². The van der Waals surface area contributed by atoms with E-state index in [1.165, 1.54) is 13.1 Å². The van der Waals surface area contributed by atoms with Crippen molar-refractivity contribution in [3.8, 4) is 0 Å². The van der Waals surface area contributed by atoms with Crippen LogP contribution in [0.3, 0.4) is 0 Å². The summed E-state index contributed by atoms with van der Waals surface area (Å²) in [4.78, 5) is 19.2. The van der Waals surface area contributed by atoms with E-state index in [0.29, 0.717) is 0 Å². The van der Waals surface area contributed by atoms with Crippen molar-refractivity contribution in [1.82, 2.24) is 14.8 Å². The number of pyridine rings is 1. The highest BCUT2D eigenvalue weighted by atomic mass is 35.5. The van der Waals surface area contributed by atoms with Crippen LogP contribution in [0, 0.1) is 5.95 Å². The number of alkyl halides is 2. The molecule has 0 saturated carbocycles. The summed E-state index contributed by atoms with van der Waals surface area (Å²) in [6.07, 6.45) is 2.00. The Morgan fingerprint density at radius 1 is 1.54 bits per heavy atom. The quantitative estimate of drug-likeness (QED) is 0.447. The molecule has 2 aromatic heterocycles. The van der Waals surface area contributed by atoms with Crippen molar-refractivity contribution in [3.05, 3.63) is 40.7 Å². The Hall–Kier alpha value is -2.82. The van der Waals surface area contributed by atoms with Gasteiger partial charge in [-0.25, -0.2) is 14.7 Å². The molecule has 1 amide bonds. The average Bonchev–Trinajstić information content (AvgIpc) is 2.99. The van der Waals surface area contributed by atoms with Gasteiger partial charge in [0.2, 0.25) is 5.95 Å². The lowest BCUT2D eigenvalue weighted by Crippen LogP contribution is -2.18. The van der Waals surface area contributed by atoms with Crippen LogP contribution in [-0.2, 0) is 11.2 Å². The normalized spacial score (nSPS) is 11.7. The van der Waals surface area contributed by atoms with Crippen LogP contribution in [0.1, 0.15) is 22.6 Å². The Balaban J connectivity index is 2.09. The predicted molar refractivity (Wildman–Crippen MR) is 87.8 cm³/mol. The highest BCUT2D eigenvalue weighted by Gasteiger charge is 2.19. The summed E-state index contributed by atoms with van der Waals surface area (Å²) in [6.45, 7) is -2.89. The van der Waals surface area contributed by atoms with Crippen molar-refractivity contribution in [2.24, 2.45) is 10.7 Å². The van der Waals surface area contributed by atoms with Gasteiger partial charge in [0.1, 0.15) is 0 Å². The maximum Gasteiger partial charge on any atom is 0.333 e. The fraction of sp³-hybridized carbons (Fsp3) is 0.286. The van der Waals surface area contributed by atoms with Crippen molar-refractivity contribution in [2.45, 2.75) is 13.0 Å². The number of rotatable bonds is 6. The van der Waals surface area contributed by atoms with Crippen LogP contribution < -0.4 is 11.1 Å². The summed E-state index contributed by atoms with van der Waals surface area (Å²) in [6, 6.07) is 1.27.